The van der Waals surface area contributed by atoms with Crippen molar-refractivity contribution in [2.45, 2.75) is 17.6 Å². The van der Waals surface area contributed by atoms with Crippen LogP contribution < -0.4 is 0 Å². The number of hydrogen-bond donors (Lipinski definition) is 0. The Hall–Kier alpha value is 0.610. The van der Waals surface area contributed by atoms with Gasteiger partial charge >= 0.3 is 0 Å². The van der Waals surface area contributed by atoms with Crippen LogP contribution in [0.2, 0.25) is 0 Å². The molecule has 0 amide bonds. The molecular formula is C5H7Cl3. The van der Waals surface area contributed by atoms with Crippen LogP contribution in [-0.2, 0) is 0 Å². The second kappa shape index (κ2) is 2.95. The Labute approximate surface area is 64.4 Å². The summed E-state index contributed by atoms with van der Waals surface area (Å²) >= 11 is 16.1. The fraction of sp³-hybridized carbons (Fsp3) is 0.600. The van der Waals surface area contributed by atoms with Crippen molar-refractivity contribution in [3.63, 3.8) is 0 Å². The summed E-state index contributed by atoms with van der Waals surface area (Å²) in [6.07, 6.45) is 1.57. The van der Waals surface area contributed by atoms with Crippen molar-refractivity contribution in [2.75, 3.05) is 0 Å². The van der Waals surface area contributed by atoms with Gasteiger partial charge in [0.05, 0.1) is 0 Å². The number of hydrogen-bond acceptors (Lipinski definition) is 0. The van der Waals surface area contributed by atoms with Gasteiger partial charge in [0.25, 0.3) is 0 Å². The van der Waals surface area contributed by atoms with Gasteiger partial charge in [-0.1, -0.05) is 40.4 Å². The van der Waals surface area contributed by atoms with Crippen LogP contribution in [0.25, 0.3) is 0 Å². The van der Waals surface area contributed by atoms with Crippen molar-refractivity contribution in [3.05, 3.63) is 11.6 Å². The number of rotatable bonds is 0. The van der Waals surface area contributed by atoms with Crippen molar-refractivity contribution in [3.8, 4) is 0 Å². The zero-order valence-corrected chi connectivity index (χ0v) is 6.98. The molecule has 0 saturated heterocycles. The Morgan fingerprint density at radius 3 is 1.62 bits per heavy atom. The second-order valence-electron chi connectivity index (χ2n) is 1.76. The molecule has 0 rings (SSSR count). The number of halogens is 3. The summed E-state index contributed by atoms with van der Waals surface area (Å²) in [6, 6.07) is 0. The Morgan fingerprint density at radius 1 is 1.25 bits per heavy atom. The molecule has 48 valence electrons. The predicted molar refractivity (Wildman–Crippen MR) is 39.7 cm³/mol. The molecule has 0 aromatic carbocycles. The van der Waals surface area contributed by atoms with E-state index in [2.05, 4.69) is 0 Å². The largest absolute Gasteiger partial charge is 0.209 e. The Bertz CT molecular complexity index is 94.7. The van der Waals surface area contributed by atoms with Gasteiger partial charge in [0.2, 0.25) is 3.79 Å². The Morgan fingerprint density at radius 2 is 1.62 bits per heavy atom. The molecule has 3 heteroatoms. The number of allylic oxidation sites excluding steroid dienone is 2. The van der Waals surface area contributed by atoms with E-state index in [0.29, 0.717) is 0 Å². The molecule has 0 bridgehead atoms. The van der Waals surface area contributed by atoms with Crippen molar-refractivity contribution >= 4 is 34.8 Å². The maximum Gasteiger partial charge on any atom is 0.209 e. The summed E-state index contributed by atoms with van der Waals surface area (Å²) in [5.74, 6) is 0. The van der Waals surface area contributed by atoms with E-state index >= 15 is 0 Å². The highest BCUT2D eigenvalue weighted by Gasteiger charge is 2.13. The van der Waals surface area contributed by atoms with Gasteiger partial charge in [0.15, 0.2) is 0 Å². The summed E-state index contributed by atoms with van der Waals surface area (Å²) in [4.78, 5) is 0. The zero-order valence-electron chi connectivity index (χ0n) is 4.71. The molecule has 0 aliphatic heterocycles. The van der Waals surface area contributed by atoms with E-state index < -0.39 is 3.79 Å². The highest BCUT2D eigenvalue weighted by atomic mass is 35.6. The molecule has 0 spiro atoms. The van der Waals surface area contributed by atoms with Crippen molar-refractivity contribution < 1.29 is 0 Å². The third-order valence-electron chi connectivity index (χ3n) is 0.452. The van der Waals surface area contributed by atoms with Gasteiger partial charge in [0.1, 0.15) is 0 Å². The number of alkyl halides is 3. The Kier molecular flexibility index (Phi) is 3.18. The van der Waals surface area contributed by atoms with E-state index in [4.69, 9.17) is 34.8 Å². The van der Waals surface area contributed by atoms with Crippen molar-refractivity contribution in [1.29, 1.82) is 0 Å². The lowest BCUT2D eigenvalue weighted by atomic mass is 10.3. The summed E-state index contributed by atoms with van der Waals surface area (Å²) in [7, 11) is 0. The maximum atomic E-state index is 5.38. The lowest BCUT2D eigenvalue weighted by Gasteiger charge is -2.02. The molecule has 0 saturated carbocycles. The molecule has 0 aromatic heterocycles. The van der Waals surface area contributed by atoms with Crippen molar-refractivity contribution in [1.82, 2.24) is 0 Å². The van der Waals surface area contributed by atoms with Gasteiger partial charge < -0.3 is 0 Å². The smallest absolute Gasteiger partial charge is 0.0791 e. The first-order chi connectivity index (χ1) is 3.42. The van der Waals surface area contributed by atoms with Crippen LogP contribution in [0.4, 0.5) is 0 Å². The van der Waals surface area contributed by atoms with Gasteiger partial charge in [0, 0.05) is 0 Å². The lowest BCUT2D eigenvalue weighted by Crippen LogP contribution is -1.94. The minimum absolute atomic E-state index is 1.00. The molecule has 0 aromatic rings. The fourth-order valence-corrected chi connectivity index (χ4v) is 0.982. The van der Waals surface area contributed by atoms with Gasteiger partial charge in [-0.3, -0.25) is 0 Å². The summed E-state index contributed by atoms with van der Waals surface area (Å²) in [5, 5.41) is 0. The Balaban J connectivity index is 3.89. The minimum Gasteiger partial charge on any atom is -0.0791 e. The lowest BCUT2D eigenvalue weighted by molar-refractivity contribution is 1.30. The van der Waals surface area contributed by atoms with E-state index in [0.717, 1.165) is 5.57 Å². The first kappa shape index (κ1) is 8.61. The van der Waals surface area contributed by atoms with Crippen LogP contribution in [0.3, 0.4) is 0 Å². The molecule has 0 aliphatic carbocycles. The zero-order chi connectivity index (χ0) is 6.78. The topological polar surface area (TPSA) is 0 Å². The van der Waals surface area contributed by atoms with Crippen LogP contribution in [0, 0.1) is 0 Å². The molecule has 0 atom stereocenters. The molecule has 0 N–H and O–H groups in total. The highest BCUT2D eigenvalue weighted by Crippen LogP contribution is 2.28. The normalized spacial score (nSPS) is 11.1. The standard InChI is InChI=1S/C5H7Cl3/c1-4(2)3-5(6,7)8/h3H,1-2H3. The molecule has 0 fully saturated rings. The third kappa shape index (κ3) is 6.61. The minimum atomic E-state index is -1.22. The molecule has 0 heterocycles. The summed E-state index contributed by atoms with van der Waals surface area (Å²) in [5.41, 5.74) is 1.00. The van der Waals surface area contributed by atoms with Crippen LogP contribution in [0.15, 0.2) is 11.6 Å². The quantitative estimate of drug-likeness (QED) is 0.389. The van der Waals surface area contributed by atoms with Gasteiger partial charge in [-0.2, -0.15) is 0 Å². The van der Waals surface area contributed by atoms with Crippen LogP contribution in [0.5, 0.6) is 0 Å². The predicted octanol–water partition coefficient (Wildman–Crippen LogP) is 3.32. The van der Waals surface area contributed by atoms with E-state index in [1.165, 1.54) is 0 Å². The van der Waals surface area contributed by atoms with E-state index in [-0.39, 0.29) is 0 Å². The molecular weight excluding hydrogens is 166 g/mol. The molecule has 8 heavy (non-hydrogen) atoms. The van der Waals surface area contributed by atoms with Crippen LogP contribution in [-0.4, -0.2) is 3.79 Å². The second-order valence-corrected chi connectivity index (χ2v) is 4.13. The average Bonchev–Trinajstić information content (AvgIpc) is 1.21. The van der Waals surface area contributed by atoms with Crippen molar-refractivity contribution in [2.24, 2.45) is 0 Å². The molecule has 0 aliphatic rings. The molecule has 0 nitrogen and oxygen atoms in total. The van der Waals surface area contributed by atoms with Crippen LogP contribution >= 0.6 is 34.8 Å². The van der Waals surface area contributed by atoms with E-state index in [1.807, 2.05) is 13.8 Å². The third-order valence-corrected chi connectivity index (χ3v) is 0.780. The molecule has 0 radical (unpaired) electrons. The summed E-state index contributed by atoms with van der Waals surface area (Å²) < 4.78 is -1.22. The molecule has 0 unspecified atom stereocenters. The maximum absolute atomic E-state index is 5.38. The van der Waals surface area contributed by atoms with Gasteiger partial charge in [-0.05, 0) is 19.9 Å². The fourth-order valence-electron chi connectivity index (χ4n) is 0.327. The first-order valence-corrected chi connectivity index (χ1v) is 3.28. The average molecular weight is 173 g/mol. The summed E-state index contributed by atoms with van der Waals surface area (Å²) in [6.45, 7) is 3.75. The highest BCUT2D eigenvalue weighted by molar-refractivity contribution is 6.68. The first-order valence-electron chi connectivity index (χ1n) is 2.14. The van der Waals surface area contributed by atoms with Gasteiger partial charge in [-0.15, -0.1) is 0 Å². The van der Waals surface area contributed by atoms with Gasteiger partial charge in [-0.25, -0.2) is 0 Å². The van der Waals surface area contributed by atoms with E-state index in [1.54, 1.807) is 6.08 Å². The van der Waals surface area contributed by atoms with E-state index in [9.17, 15) is 0 Å². The monoisotopic (exact) mass is 172 g/mol. The van der Waals surface area contributed by atoms with Crippen LogP contribution in [0.1, 0.15) is 13.8 Å². The SMILES string of the molecule is CC(C)=CC(Cl)(Cl)Cl.